The van der Waals surface area contributed by atoms with Crippen LogP contribution >= 0.6 is 0 Å². The molecule has 0 aliphatic rings. The summed E-state index contributed by atoms with van der Waals surface area (Å²) in [6, 6.07) is 14.4. The largest absolute Gasteiger partial charge is 0.353 e. The van der Waals surface area contributed by atoms with Crippen LogP contribution in [0, 0.1) is 6.92 Å². The second-order valence-electron chi connectivity index (χ2n) is 7.63. The molecule has 0 aliphatic heterocycles. The molecule has 5 heterocycles. The van der Waals surface area contributed by atoms with Gasteiger partial charge in [0.2, 0.25) is 0 Å². The Bertz CT molecular complexity index is 1550. The highest BCUT2D eigenvalue weighted by molar-refractivity contribution is 6.00. The van der Waals surface area contributed by atoms with Crippen molar-refractivity contribution in [3.8, 4) is 33.9 Å². The summed E-state index contributed by atoms with van der Waals surface area (Å²) in [7, 11) is 2.03. The first-order chi connectivity index (χ1) is 15.2. The summed E-state index contributed by atoms with van der Waals surface area (Å²) in [5.74, 6) is 0.980. The van der Waals surface area contributed by atoms with Gasteiger partial charge in [-0.2, -0.15) is 5.10 Å². The smallest absolute Gasteiger partial charge is 0.116 e. The minimum absolute atomic E-state index is 0.879. The summed E-state index contributed by atoms with van der Waals surface area (Å²) in [5, 5.41) is 9.87. The Balaban J connectivity index is 1.52. The predicted molar refractivity (Wildman–Crippen MR) is 121 cm³/mol. The van der Waals surface area contributed by atoms with Crippen LogP contribution in [0.4, 0.5) is 0 Å². The van der Waals surface area contributed by atoms with Crippen molar-refractivity contribution >= 4 is 21.8 Å². The van der Waals surface area contributed by atoms with Crippen molar-refractivity contribution < 1.29 is 0 Å². The first kappa shape index (κ1) is 17.6. The van der Waals surface area contributed by atoms with E-state index in [1.165, 1.54) is 0 Å². The molecule has 6 aromatic rings. The molecule has 5 aromatic heterocycles. The summed E-state index contributed by atoms with van der Waals surface area (Å²) in [4.78, 5) is 16.8. The zero-order valence-corrected chi connectivity index (χ0v) is 17.1. The Labute approximate surface area is 177 Å². The first-order valence-corrected chi connectivity index (χ1v) is 10.0. The molecular formula is C24H19N7. The molecule has 0 atom stereocenters. The van der Waals surface area contributed by atoms with Gasteiger partial charge in [-0.05, 0) is 43.3 Å². The van der Waals surface area contributed by atoms with Crippen molar-refractivity contribution in [2.45, 2.75) is 6.92 Å². The number of aryl methyl sites for hydroxylation is 1. The molecule has 2 N–H and O–H groups in total. The number of aromatic nitrogens is 7. The van der Waals surface area contributed by atoms with E-state index < -0.39 is 0 Å². The summed E-state index contributed by atoms with van der Waals surface area (Å²) in [5.41, 5.74) is 7.89. The van der Waals surface area contributed by atoms with Crippen LogP contribution in [0.5, 0.6) is 0 Å². The lowest BCUT2D eigenvalue weighted by molar-refractivity contribution is 0.865. The predicted octanol–water partition coefficient (Wildman–Crippen LogP) is 4.88. The number of rotatable bonds is 3. The molecule has 7 nitrogen and oxygen atoms in total. The highest BCUT2D eigenvalue weighted by atomic mass is 15.1. The van der Waals surface area contributed by atoms with Crippen molar-refractivity contribution in [3.05, 3.63) is 73.1 Å². The van der Waals surface area contributed by atoms with Gasteiger partial charge in [-0.25, -0.2) is 4.98 Å². The van der Waals surface area contributed by atoms with Crippen LogP contribution in [0.1, 0.15) is 5.82 Å². The Morgan fingerprint density at radius 2 is 1.74 bits per heavy atom. The summed E-state index contributed by atoms with van der Waals surface area (Å²) in [6.07, 6.45) is 7.32. The highest BCUT2D eigenvalue weighted by Gasteiger charge is 2.15. The maximum Gasteiger partial charge on any atom is 0.116 e. The van der Waals surface area contributed by atoms with Crippen LogP contribution in [0.15, 0.2) is 67.3 Å². The van der Waals surface area contributed by atoms with Gasteiger partial charge < -0.3 is 9.55 Å². The van der Waals surface area contributed by atoms with Crippen LogP contribution < -0.4 is 0 Å². The number of aromatic amines is 2. The molecular weight excluding hydrogens is 386 g/mol. The van der Waals surface area contributed by atoms with Gasteiger partial charge in [0, 0.05) is 53.1 Å². The Morgan fingerprint density at radius 3 is 2.55 bits per heavy atom. The van der Waals surface area contributed by atoms with Gasteiger partial charge in [-0.15, -0.1) is 0 Å². The van der Waals surface area contributed by atoms with Crippen molar-refractivity contribution in [1.82, 2.24) is 34.7 Å². The molecule has 1 aromatic carbocycles. The van der Waals surface area contributed by atoms with Crippen molar-refractivity contribution in [2.75, 3.05) is 0 Å². The second kappa shape index (κ2) is 6.63. The number of fused-ring (bicyclic) bond motifs is 2. The number of hydrogen-bond donors (Lipinski definition) is 2. The summed E-state index contributed by atoms with van der Waals surface area (Å²) >= 11 is 0. The topological polar surface area (TPSA) is 88.1 Å². The fourth-order valence-corrected chi connectivity index (χ4v) is 4.06. The number of pyridine rings is 2. The van der Waals surface area contributed by atoms with E-state index in [0.29, 0.717) is 0 Å². The fraction of sp³-hybridized carbons (Fsp3) is 0.0833. The molecule has 0 unspecified atom stereocenters. The molecule has 7 heteroatoms. The van der Waals surface area contributed by atoms with Crippen molar-refractivity contribution in [1.29, 1.82) is 0 Å². The molecule has 0 amide bonds. The molecule has 0 aliphatic carbocycles. The summed E-state index contributed by atoms with van der Waals surface area (Å²) in [6.45, 7) is 2.00. The van der Waals surface area contributed by atoms with Crippen LogP contribution in [-0.4, -0.2) is 34.7 Å². The third kappa shape index (κ3) is 2.74. The number of hydrogen-bond acceptors (Lipinski definition) is 4. The average Bonchev–Trinajstić information content (AvgIpc) is 3.50. The lowest BCUT2D eigenvalue weighted by Crippen LogP contribution is -1.94. The van der Waals surface area contributed by atoms with Gasteiger partial charge in [0.05, 0.1) is 28.8 Å². The second-order valence-corrected chi connectivity index (χ2v) is 7.63. The molecule has 0 radical (unpaired) electrons. The van der Waals surface area contributed by atoms with E-state index in [1.54, 1.807) is 6.20 Å². The van der Waals surface area contributed by atoms with Gasteiger partial charge in [-0.3, -0.25) is 15.1 Å². The lowest BCUT2D eigenvalue weighted by Gasteiger charge is -2.04. The van der Waals surface area contributed by atoms with E-state index in [1.807, 2.05) is 50.8 Å². The Morgan fingerprint density at radius 1 is 0.839 bits per heavy atom. The molecule has 0 fully saturated rings. The monoisotopic (exact) mass is 405 g/mol. The SMILES string of the molecule is Cc1ncc(-c2ccc3[nH]nc(-c4cc5c(-c6cccnc6)nccc5[nH]4)c3c2)n1C. The fourth-order valence-electron chi connectivity index (χ4n) is 4.06. The maximum atomic E-state index is 4.61. The third-order valence-corrected chi connectivity index (χ3v) is 5.82. The summed E-state index contributed by atoms with van der Waals surface area (Å²) < 4.78 is 2.09. The first-order valence-electron chi connectivity index (χ1n) is 10.0. The third-order valence-electron chi connectivity index (χ3n) is 5.82. The van der Waals surface area contributed by atoms with Gasteiger partial charge >= 0.3 is 0 Å². The van der Waals surface area contributed by atoms with Crippen molar-refractivity contribution in [3.63, 3.8) is 0 Å². The molecule has 0 saturated carbocycles. The number of imidazole rings is 1. The van der Waals surface area contributed by atoms with E-state index in [9.17, 15) is 0 Å². The van der Waals surface area contributed by atoms with Crippen LogP contribution in [0.25, 0.3) is 55.7 Å². The van der Waals surface area contributed by atoms with E-state index >= 15 is 0 Å². The standard InChI is InChI=1S/C24H19N7/c1-14-27-13-22(31(14)2)15-5-6-20-17(10-15)24(30-29-20)21-11-18-19(28-21)7-9-26-23(18)16-4-3-8-25-12-16/h3-13,28H,1-2H3,(H,29,30). The normalized spacial score (nSPS) is 11.5. The number of benzene rings is 1. The number of nitrogens with zero attached hydrogens (tertiary/aromatic N) is 5. The van der Waals surface area contributed by atoms with Gasteiger partial charge in [0.1, 0.15) is 11.5 Å². The number of H-pyrrole nitrogens is 2. The van der Waals surface area contributed by atoms with Crippen LogP contribution in [-0.2, 0) is 7.05 Å². The van der Waals surface area contributed by atoms with E-state index in [-0.39, 0.29) is 0 Å². The maximum absolute atomic E-state index is 4.61. The quantitative estimate of drug-likeness (QED) is 0.439. The minimum Gasteiger partial charge on any atom is -0.353 e. The van der Waals surface area contributed by atoms with Gasteiger partial charge in [-0.1, -0.05) is 6.07 Å². The molecule has 150 valence electrons. The van der Waals surface area contributed by atoms with E-state index in [4.69, 9.17) is 0 Å². The average molecular weight is 405 g/mol. The van der Waals surface area contributed by atoms with Gasteiger partial charge in [0.15, 0.2) is 0 Å². The molecule has 6 rings (SSSR count). The lowest BCUT2D eigenvalue weighted by atomic mass is 10.1. The number of nitrogens with one attached hydrogen (secondary N) is 2. The molecule has 0 saturated heterocycles. The van der Waals surface area contributed by atoms with Crippen LogP contribution in [0.2, 0.25) is 0 Å². The van der Waals surface area contributed by atoms with Crippen molar-refractivity contribution in [2.24, 2.45) is 7.05 Å². The van der Waals surface area contributed by atoms with Gasteiger partial charge in [0.25, 0.3) is 0 Å². The van der Waals surface area contributed by atoms with E-state index in [0.717, 1.165) is 61.5 Å². The van der Waals surface area contributed by atoms with Crippen LogP contribution in [0.3, 0.4) is 0 Å². The van der Waals surface area contributed by atoms with E-state index in [2.05, 4.69) is 59.0 Å². The molecule has 0 bridgehead atoms. The molecule has 0 spiro atoms. The zero-order valence-electron chi connectivity index (χ0n) is 17.1. The Kier molecular flexibility index (Phi) is 3.76. The molecule has 31 heavy (non-hydrogen) atoms. The zero-order chi connectivity index (χ0) is 20.9. The minimum atomic E-state index is 0.879. The highest BCUT2D eigenvalue weighted by Crippen LogP contribution is 2.34. The Hall–Kier alpha value is -4.26.